The van der Waals surface area contributed by atoms with Crippen molar-refractivity contribution in [3.05, 3.63) is 53.6 Å². The standard InChI is InChI=1S/C19H21ClN2/c1-2-3-4-9-14-22-18-13-8-7-12-17(18)21-19(22)15-10-5-6-11-16(15)20/h5-8,10-13H,2-4,9,14H2,1H3. The molecule has 0 atom stereocenters. The molecule has 0 aliphatic rings. The maximum Gasteiger partial charge on any atom is 0.142 e. The van der Waals surface area contributed by atoms with E-state index >= 15 is 0 Å². The van der Waals surface area contributed by atoms with E-state index in [1.165, 1.54) is 31.2 Å². The lowest BCUT2D eigenvalue weighted by atomic mass is 10.2. The number of unbranched alkanes of at least 4 members (excludes halogenated alkanes) is 3. The first-order valence-electron chi connectivity index (χ1n) is 8.01. The Bertz CT molecular complexity index is 761. The average molecular weight is 313 g/mol. The van der Waals surface area contributed by atoms with E-state index < -0.39 is 0 Å². The van der Waals surface area contributed by atoms with Gasteiger partial charge in [0.25, 0.3) is 0 Å². The SMILES string of the molecule is CCCCCCn1c(-c2ccccc2Cl)nc2ccccc21. The van der Waals surface area contributed by atoms with Gasteiger partial charge in [0.1, 0.15) is 5.82 Å². The van der Waals surface area contributed by atoms with Gasteiger partial charge in [-0.05, 0) is 30.7 Å². The molecule has 0 aliphatic carbocycles. The van der Waals surface area contributed by atoms with Gasteiger partial charge in [-0.25, -0.2) is 4.98 Å². The van der Waals surface area contributed by atoms with Gasteiger partial charge in [-0.15, -0.1) is 0 Å². The lowest BCUT2D eigenvalue weighted by molar-refractivity contribution is 0.594. The van der Waals surface area contributed by atoms with Gasteiger partial charge in [0.2, 0.25) is 0 Å². The molecule has 114 valence electrons. The minimum atomic E-state index is 0.757. The van der Waals surface area contributed by atoms with Crippen LogP contribution >= 0.6 is 11.6 Å². The maximum atomic E-state index is 6.39. The summed E-state index contributed by atoms with van der Waals surface area (Å²) < 4.78 is 2.31. The summed E-state index contributed by atoms with van der Waals surface area (Å²) in [6, 6.07) is 16.3. The Morgan fingerprint density at radius 2 is 1.73 bits per heavy atom. The molecule has 0 N–H and O–H groups in total. The zero-order valence-corrected chi connectivity index (χ0v) is 13.7. The number of imidazole rings is 1. The van der Waals surface area contributed by atoms with E-state index in [0.717, 1.165) is 28.5 Å². The van der Waals surface area contributed by atoms with Crippen molar-refractivity contribution < 1.29 is 0 Å². The number of rotatable bonds is 6. The average Bonchev–Trinajstić information content (AvgIpc) is 2.90. The molecule has 3 heteroatoms. The number of nitrogens with zero attached hydrogens (tertiary/aromatic N) is 2. The minimum absolute atomic E-state index is 0.757. The monoisotopic (exact) mass is 312 g/mol. The zero-order valence-electron chi connectivity index (χ0n) is 12.9. The van der Waals surface area contributed by atoms with E-state index in [0.29, 0.717) is 0 Å². The lowest BCUT2D eigenvalue weighted by Crippen LogP contribution is -2.01. The van der Waals surface area contributed by atoms with E-state index in [9.17, 15) is 0 Å². The van der Waals surface area contributed by atoms with Crippen LogP contribution in [0.1, 0.15) is 32.6 Å². The summed E-state index contributed by atoms with van der Waals surface area (Å²) in [7, 11) is 0. The second kappa shape index (κ2) is 6.97. The van der Waals surface area contributed by atoms with Crippen LogP contribution in [-0.2, 0) is 6.54 Å². The highest BCUT2D eigenvalue weighted by Crippen LogP contribution is 2.30. The number of aromatic nitrogens is 2. The number of hydrogen-bond acceptors (Lipinski definition) is 1. The Hall–Kier alpha value is -1.80. The molecule has 0 fully saturated rings. The first-order valence-corrected chi connectivity index (χ1v) is 8.39. The summed E-state index contributed by atoms with van der Waals surface area (Å²) >= 11 is 6.39. The quantitative estimate of drug-likeness (QED) is 0.515. The third kappa shape index (κ3) is 3.02. The predicted octanol–water partition coefficient (Wildman–Crippen LogP) is 5.94. The fourth-order valence-corrected chi connectivity index (χ4v) is 3.07. The van der Waals surface area contributed by atoms with Gasteiger partial charge in [-0.1, -0.05) is 62.1 Å². The van der Waals surface area contributed by atoms with Gasteiger partial charge in [0.05, 0.1) is 16.1 Å². The Labute approximate surface area is 136 Å². The highest BCUT2D eigenvalue weighted by atomic mass is 35.5. The third-order valence-corrected chi connectivity index (χ3v) is 4.33. The van der Waals surface area contributed by atoms with Crippen LogP contribution in [0.25, 0.3) is 22.4 Å². The maximum absolute atomic E-state index is 6.39. The molecular weight excluding hydrogens is 292 g/mol. The Morgan fingerprint density at radius 3 is 2.55 bits per heavy atom. The van der Waals surface area contributed by atoms with Crippen LogP contribution in [0.5, 0.6) is 0 Å². The molecule has 1 heterocycles. The third-order valence-electron chi connectivity index (χ3n) is 4.00. The fraction of sp³-hybridized carbons (Fsp3) is 0.316. The van der Waals surface area contributed by atoms with Crippen LogP contribution in [0.2, 0.25) is 5.02 Å². The van der Waals surface area contributed by atoms with Gasteiger partial charge in [0, 0.05) is 12.1 Å². The van der Waals surface area contributed by atoms with Crippen LogP contribution in [0.4, 0.5) is 0 Å². The molecule has 0 saturated heterocycles. The Morgan fingerprint density at radius 1 is 0.955 bits per heavy atom. The summed E-state index contributed by atoms with van der Waals surface area (Å²) in [6.45, 7) is 3.23. The van der Waals surface area contributed by atoms with E-state index in [-0.39, 0.29) is 0 Å². The van der Waals surface area contributed by atoms with Gasteiger partial charge < -0.3 is 4.57 Å². The number of aryl methyl sites for hydroxylation is 1. The van der Waals surface area contributed by atoms with Gasteiger partial charge in [-0.2, -0.15) is 0 Å². The molecule has 0 unspecified atom stereocenters. The molecule has 0 aliphatic heterocycles. The van der Waals surface area contributed by atoms with Gasteiger partial charge in [-0.3, -0.25) is 0 Å². The molecule has 3 rings (SSSR count). The van der Waals surface area contributed by atoms with Crippen molar-refractivity contribution in [3.63, 3.8) is 0 Å². The van der Waals surface area contributed by atoms with Gasteiger partial charge in [0.15, 0.2) is 0 Å². The highest BCUT2D eigenvalue weighted by molar-refractivity contribution is 6.33. The van der Waals surface area contributed by atoms with Crippen LogP contribution in [0.15, 0.2) is 48.5 Å². The van der Waals surface area contributed by atoms with Crippen molar-refractivity contribution in [2.24, 2.45) is 0 Å². The fourth-order valence-electron chi connectivity index (χ4n) is 2.85. The molecule has 1 aromatic heterocycles. The molecule has 2 aromatic carbocycles. The van der Waals surface area contributed by atoms with E-state index in [2.05, 4.69) is 29.7 Å². The van der Waals surface area contributed by atoms with Crippen molar-refractivity contribution in [2.75, 3.05) is 0 Å². The molecular formula is C19H21ClN2. The van der Waals surface area contributed by atoms with Crippen LogP contribution in [-0.4, -0.2) is 9.55 Å². The van der Waals surface area contributed by atoms with Crippen molar-refractivity contribution >= 4 is 22.6 Å². The Kier molecular flexibility index (Phi) is 4.79. The second-order valence-corrected chi connectivity index (χ2v) is 6.02. The first kappa shape index (κ1) is 15.1. The number of hydrogen-bond donors (Lipinski definition) is 0. The van der Waals surface area contributed by atoms with Crippen molar-refractivity contribution in [1.29, 1.82) is 0 Å². The van der Waals surface area contributed by atoms with E-state index in [1.54, 1.807) is 0 Å². The number of halogens is 1. The van der Waals surface area contributed by atoms with Crippen molar-refractivity contribution in [1.82, 2.24) is 9.55 Å². The molecule has 22 heavy (non-hydrogen) atoms. The van der Waals surface area contributed by atoms with Crippen molar-refractivity contribution in [2.45, 2.75) is 39.2 Å². The summed E-state index contributed by atoms with van der Waals surface area (Å²) in [5.41, 5.74) is 3.23. The molecule has 0 radical (unpaired) electrons. The molecule has 0 saturated carbocycles. The molecule has 0 amide bonds. The van der Waals surface area contributed by atoms with Crippen LogP contribution in [0, 0.1) is 0 Å². The van der Waals surface area contributed by atoms with E-state index in [4.69, 9.17) is 16.6 Å². The number of benzene rings is 2. The normalized spacial score (nSPS) is 11.2. The molecule has 0 spiro atoms. The van der Waals surface area contributed by atoms with Gasteiger partial charge >= 0.3 is 0 Å². The van der Waals surface area contributed by atoms with E-state index in [1.807, 2.05) is 30.3 Å². The van der Waals surface area contributed by atoms with Crippen LogP contribution in [0.3, 0.4) is 0 Å². The zero-order chi connectivity index (χ0) is 15.4. The number of para-hydroxylation sites is 2. The largest absolute Gasteiger partial charge is 0.324 e. The summed E-state index contributed by atoms with van der Waals surface area (Å²) in [6.07, 6.45) is 4.96. The lowest BCUT2D eigenvalue weighted by Gasteiger charge is -2.10. The first-order chi connectivity index (χ1) is 10.8. The minimum Gasteiger partial charge on any atom is -0.324 e. The Balaban J connectivity index is 2.03. The predicted molar refractivity (Wildman–Crippen MR) is 94.3 cm³/mol. The molecule has 3 aromatic rings. The summed E-state index contributed by atoms with van der Waals surface area (Å²) in [5, 5.41) is 0.757. The smallest absolute Gasteiger partial charge is 0.142 e. The summed E-state index contributed by atoms with van der Waals surface area (Å²) in [5.74, 6) is 0.975. The summed E-state index contributed by atoms with van der Waals surface area (Å²) in [4.78, 5) is 4.82. The molecule has 2 nitrogen and oxygen atoms in total. The number of fused-ring (bicyclic) bond motifs is 1. The van der Waals surface area contributed by atoms with Crippen LogP contribution < -0.4 is 0 Å². The van der Waals surface area contributed by atoms with Crippen molar-refractivity contribution in [3.8, 4) is 11.4 Å². The highest BCUT2D eigenvalue weighted by Gasteiger charge is 2.14. The second-order valence-electron chi connectivity index (χ2n) is 5.62. The topological polar surface area (TPSA) is 17.8 Å². The molecule has 0 bridgehead atoms.